The monoisotopic (exact) mass is 355 g/mol. The minimum absolute atomic E-state index is 0.152. The molecule has 0 spiro atoms. The number of carbonyl (C=O) groups excluding carboxylic acids is 1. The molecule has 1 aromatic carbocycles. The van der Waals surface area contributed by atoms with Crippen molar-refractivity contribution in [1.29, 1.82) is 0 Å². The van der Waals surface area contributed by atoms with Crippen LogP contribution in [0.3, 0.4) is 0 Å². The minimum Gasteiger partial charge on any atom is -0.326 e. The van der Waals surface area contributed by atoms with Crippen LogP contribution < -0.4 is 10.9 Å². The molecule has 8 heteroatoms. The number of fused-ring (bicyclic) bond motifs is 1. The maximum atomic E-state index is 12.4. The Kier molecular flexibility index (Phi) is 4.42. The summed E-state index contributed by atoms with van der Waals surface area (Å²) >= 11 is 13.2. The normalized spacial score (nSPS) is 16.9. The fraction of sp³-hybridized carbons (Fsp3) is 0.214. The molecule has 1 aliphatic rings. The first kappa shape index (κ1) is 15.4. The molecule has 0 saturated heterocycles. The number of halogens is 2. The van der Waals surface area contributed by atoms with Gasteiger partial charge in [0, 0.05) is 40.3 Å². The fourth-order valence-corrected chi connectivity index (χ4v) is 3.77. The van der Waals surface area contributed by atoms with Gasteiger partial charge in [0.15, 0.2) is 5.16 Å². The van der Waals surface area contributed by atoms with Gasteiger partial charge >= 0.3 is 0 Å². The van der Waals surface area contributed by atoms with Gasteiger partial charge in [-0.25, -0.2) is 4.98 Å². The first-order valence-electron chi connectivity index (χ1n) is 6.48. The summed E-state index contributed by atoms with van der Waals surface area (Å²) in [5, 5.41) is 4.33. The molecule has 1 N–H and O–H groups in total. The van der Waals surface area contributed by atoms with Gasteiger partial charge in [0.05, 0.1) is 5.92 Å². The molecule has 0 bridgehead atoms. The highest BCUT2D eigenvalue weighted by Gasteiger charge is 2.26. The van der Waals surface area contributed by atoms with Gasteiger partial charge in [0.1, 0.15) is 0 Å². The van der Waals surface area contributed by atoms with Crippen LogP contribution >= 0.6 is 35.0 Å². The summed E-state index contributed by atoms with van der Waals surface area (Å²) in [7, 11) is 0. The number of anilines is 1. The second-order valence-electron chi connectivity index (χ2n) is 4.83. The van der Waals surface area contributed by atoms with Gasteiger partial charge in [-0.1, -0.05) is 35.0 Å². The smallest absolute Gasteiger partial charge is 0.254 e. The van der Waals surface area contributed by atoms with Crippen LogP contribution in [0.1, 0.15) is 0 Å². The molecule has 1 atom stereocenters. The van der Waals surface area contributed by atoms with Crippen molar-refractivity contribution >= 4 is 46.6 Å². The summed E-state index contributed by atoms with van der Waals surface area (Å²) in [6.45, 7) is 0.315. The Morgan fingerprint density at radius 3 is 2.77 bits per heavy atom. The molecule has 1 aromatic heterocycles. The Bertz CT molecular complexity index is 774. The minimum atomic E-state index is -0.322. The molecule has 1 amide bonds. The van der Waals surface area contributed by atoms with E-state index in [0.717, 1.165) is 0 Å². The highest BCUT2D eigenvalue weighted by atomic mass is 35.5. The highest BCUT2D eigenvalue weighted by Crippen LogP contribution is 2.27. The van der Waals surface area contributed by atoms with Crippen LogP contribution in [-0.2, 0) is 11.3 Å². The average molecular weight is 356 g/mol. The number of nitrogens with zero attached hydrogens (tertiary/aromatic N) is 2. The van der Waals surface area contributed by atoms with Crippen molar-refractivity contribution in [2.45, 2.75) is 11.7 Å². The lowest BCUT2D eigenvalue weighted by Crippen LogP contribution is -2.36. The van der Waals surface area contributed by atoms with Crippen molar-refractivity contribution in [1.82, 2.24) is 9.55 Å². The molecule has 22 heavy (non-hydrogen) atoms. The third kappa shape index (κ3) is 3.29. The summed E-state index contributed by atoms with van der Waals surface area (Å²) in [6, 6.07) is 6.24. The van der Waals surface area contributed by atoms with E-state index in [1.807, 2.05) is 0 Å². The lowest BCUT2D eigenvalue weighted by atomic mass is 10.1. The Morgan fingerprint density at radius 2 is 2.05 bits per heavy atom. The van der Waals surface area contributed by atoms with Crippen molar-refractivity contribution in [3.05, 3.63) is 50.9 Å². The van der Waals surface area contributed by atoms with Crippen LogP contribution in [-0.4, -0.2) is 21.2 Å². The van der Waals surface area contributed by atoms with Crippen LogP contribution in [0, 0.1) is 5.92 Å². The van der Waals surface area contributed by atoms with E-state index in [4.69, 9.17) is 23.2 Å². The second-order valence-corrected chi connectivity index (χ2v) is 6.69. The van der Waals surface area contributed by atoms with Gasteiger partial charge in [0.25, 0.3) is 5.56 Å². The van der Waals surface area contributed by atoms with Crippen LogP contribution in [0.15, 0.2) is 40.4 Å². The van der Waals surface area contributed by atoms with Crippen LogP contribution in [0.25, 0.3) is 0 Å². The molecule has 0 aliphatic carbocycles. The number of hydrogen-bond donors (Lipinski definition) is 1. The summed E-state index contributed by atoms with van der Waals surface area (Å²) in [5.41, 5.74) is 0.387. The number of nitrogens with one attached hydrogen (secondary N) is 1. The number of thioether (sulfide) groups is 1. The number of amides is 1. The van der Waals surface area contributed by atoms with E-state index < -0.39 is 0 Å². The molecule has 0 saturated carbocycles. The average Bonchev–Trinajstić information content (AvgIpc) is 2.46. The predicted molar refractivity (Wildman–Crippen MR) is 87.8 cm³/mol. The number of rotatable bonds is 2. The molecule has 0 fully saturated rings. The van der Waals surface area contributed by atoms with E-state index in [1.54, 1.807) is 18.2 Å². The predicted octanol–water partition coefficient (Wildman–Crippen LogP) is 2.91. The van der Waals surface area contributed by atoms with Crippen LogP contribution in [0.2, 0.25) is 10.0 Å². The summed E-state index contributed by atoms with van der Waals surface area (Å²) in [6.07, 6.45) is 1.48. The van der Waals surface area contributed by atoms with E-state index >= 15 is 0 Å². The number of hydrogen-bond acceptors (Lipinski definition) is 4. The highest BCUT2D eigenvalue weighted by molar-refractivity contribution is 7.99. The van der Waals surface area contributed by atoms with Gasteiger partial charge in [-0.3, -0.25) is 14.2 Å². The fourth-order valence-electron chi connectivity index (χ4n) is 2.18. The largest absolute Gasteiger partial charge is 0.326 e. The van der Waals surface area contributed by atoms with Crippen molar-refractivity contribution in [3.8, 4) is 0 Å². The molecule has 114 valence electrons. The van der Waals surface area contributed by atoms with Crippen LogP contribution in [0.4, 0.5) is 5.69 Å². The van der Waals surface area contributed by atoms with Gasteiger partial charge in [-0.2, -0.15) is 0 Å². The maximum absolute atomic E-state index is 12.4. The first-order chi connectivity index (χ1) is 10.5. The lowest BCUT2D eigenvalue weighted by molar-refractivity contribution is -0.119. The van der Waals surface area contributed by atoms with Crippen molar-refractivity contribution in [2.24, 2.45) is 5.92 Å². The summed E-state index contributed by atoms with van der Waals surface area (Å²) in [5.74, 6) is 0.0701. The summed E-state index contributed by atoms with van der Waals surface area (Å²) < 4.78 is 1.52. The zero-order valence-corrected chi connectivity index (χ0v) is 13.6. The number of carbonyl (C=O) groups is 1. The summed E-state index contributed by atoms with van der Waals surface area (Å²) in [4.78, 5) is 28.3. The zero-order chi connectivity index (χ0) is 15.7. The lowest BCUT2D eigenvalue weighted by Gasteiger charge is -2.23. The quantitative estimate of drug-likeness (QED) is 0.841. The Hall–Kier alpha value is -1.50. The second kappa shape index (κ2) is 6.32. The Balaban J connectivity index is 1.77. The third-order valence-electron chi connectivity index (χ3n) is 3.22. The Labute approximate surface area is 140 Å². The van der Waals surface area contributed by atoms with E-state index in [9.17, 15) is 9.59 Å². The van der Waals surface area contributed by atoms with Gasteiger partial charge in [-0.15, -0.1) is 0 Å². The molecular formula is C14H11Cl2N3O2S. The van der Waals surface area contributed by atoms with Gasteiger partial charge < -0.3 is 5.32 Å². The topological polar surface area (TPSA) is 64.0 Å². The first-order valence-corrected chi connectivity index (χ1v) is 8.23. The van der Waals surface area contributed by atoms with Crippen molar-refractivity contribution in [3.63, 3.8) is 0 Å². The van der Waals surface area contributed by atoms with E-state index in [2.05, 4.69) is 10.3 Å². The molecule has 1 unspecified atom stereocenters. The van der Waals surface area contributed by atoms with E-state index in [-0.39, 0.29) is 17.4 Å². The standard InChI is InChI=1S/C14H11Cl2N3O2S/c15-9-3-10(16)5-11(4-9)18-13(21)8-6-19-12(20)1-2-17-14(19)22-7-8/h1-5,8H,6-7H2,(H,18,21). The van der Waals surface area contributed by atoms with Gasteiger partial charge in [0.2, 0.25) is 5.91 Å². The molecule has 1 aliphatic heterocycles. The zero-order valence-electron chi connectivity index (χ0n) is 11.3. The number of aromatic nitrogens is 2. The van der Waals surface area contributed by atoms with Crippen LogP contribution in [0.5, 0.6) is 0 Å². The molecular weight excluding hydrogens is 345 g/mol. The Morgan fingerprint density at radius 1 is 1.32 bits per heavy atom. The molecule has 3 rings (SSSR count). The molecule has 5 nitrogen and oxygen atoms in total. The molecule has 2 aromatic rings. The molecule has 2 heterocycles. The van der Waals surface area contributed by atoms with E-state index in [0.29, 0.717) is 33.2 Å². The molecule has 0 radical (unpaired) electrons. The van der Waals surface area contributed by atoms with E-state index in [1.165, 1.54) is 28.6 Å². The van der Waals surface area contributed by atoms with Crippen molar-refractivity contribution < 1.29 is 4.79 Å². The van der Waals surface area contributed by atoms with Crippen molar-refractivity contribution in [2.75, 3.05) is 11.1 Å². The number of benzene rings is 1. The maximum Gasteiger partial charge on any atom is 0.254 e. The third-order valence-corrected chi connectivity index (χ3v) is 4.81. The SMILES string of the molecule is O=C(Nc1cc(Cl)cc(Cl)c1)C1CSc2nccc(=O)n2C1. The van der Waals surface area contributed by atoms with Gasteiger partial charge in [-0.05, 0) is 18.2 Å².